The number of carbonyl (C=O) groups excluding carboxylic acids is 2. The Bertz CT molecular complexity index is 924. The molecular formula is C19H18N2O3S2. The number of rotatable bonds is 7. The number of thiazole rings is 1. The van der Waals surface area contributed by atoms with Crippen molar-refractivity contribution >= 4 is 50.9 Å². The van der Waals surface area contributed by atoms with Crippen molar-refractivity contribution in [2.75, 3.05) is 17.7 Å². The third-order valence-electron chi connectivity index (χ3n) is 3.52. The smallest absolute Gasteiger partial charge is 0.311 e. The van der Waals surface area contributed by atoms with Gasteiger partial charge in [-0.1, -0.05) is 30.3 Å². The molecule has 5 nitrogen and oxygen atoms in total. The van der Waals surface area contributed by atoms with E-state index in [9.17, 15) is 9.59 Å². The Hall–Kier alpha value is -2.38. The van der Waals surface area contributed by atoms with Crippen LogP contribution in [0.5, 0.6) is 0 Å². The molecule has 0 spiro atoms. The van der Waals surface area contributed by atoms with Crippen molar-refractivity contribution in [2.45, 2.75) is 18.2 Å². The average Bonchev–Trinajstić information content (AvgIpc) is 3.06. The van der Waals surface area contributed by atoms with Crippen molar-refractivity contribution in [3.8, 4) is 0 Å². The molecule has 3 aromatic rings. The van der Waals surface area contributed by atoms with E-state index in [0.29, 0.717) is 23.2 Å². The molecule has 0 aliphatic rings. The molecule has 0 aliphatic heterocycles. The highest BCUT2D eigenvalue weighted by Gasteiger charge is 2.11. The van der Waals surface area contributed by atoms with E-state index in [4.69, 9.17) is 4.74 Å². The molecule has 2 aromatic carbocycles. The van der Waals surface area contributed by atoms with Gasteiger partial charge in [-0.3, -0.25) is 9.59 Å². The molecule has 7 heteroatoms. The van der Waals surface area contributed by atoms with Gasteiger partial charge in [0.1, 0.15) is 0 Å². The molecule has 0 aliphatic carbocycles. The lowest BCUT2D eigenvalue weighted by Gasteiger charge is -2.04. The fourth-order valence-electron chi connectivity index (χ4n) is 2.37. The largest absolute Gasteiger partial charge is 0.466 e. The maximum atomic E-state index is 12.1. The summed E-state index contributed by atoms with van der Waals surface area (Å²) in [5.41, 5.74) is 0.603. The molecule has 1 N–H and O–H groups in total. The van der Waals surface area contributed by atoms with Crippen LogP contribution in [0, 0.1) is 0 Å². The van der Waals surface area contributed by atoms with E-state index in [-0.39, 0.29) is 18.3 Å². The maximum absolute atomic E-state index is 12.1. The van der Waals surface area contributed by atoms with Gasteiger partial charge in [0.15, 0.2) is 5.13 Å². The van der Waals surface area contributed by atoms with Crippen molar-refractivity contribution in [1.29, 1.82) is 0 Å². The van der Waals surface area contributed by atoms with Crippen LogP contribution in [0.2, 0.25) is 0 Å². The first-order chi connectivity index (χ1) is 12.6. The molecule has 26 heavy (non-hydrogen) atoms. The second-order valence-corrected chi connectivity index (χ2v) is 7.38. The summed E-state index contributed by atoms with van der Waals surface area (Å²) >= 11 is 2.78. The van der Waals surface area contributed by atoms with Gasteiger partial charge in [-0.15, -0.1) is 23.1 Å². The van der Waals surface area contributed by atoms with Crippen LogP contribution in [0.15, 0.2) is 52.7 Å². The molecule has 0 saturated heterocycles. The van der Waals surface area contributed by atoms with Crippen LogP contribution >= 0.6 is 23.1 Å². The Kier molecular flexibility index (Phi) is 6.25. The summed E-state index contributed by atoms with van der Waals surface area (Å²) in [5, 5.41) is 7.35. The fraction of sp³-hybridized carbons (Fsp3) is 0.211. The minimum atomic E-state index is -0.317. The van der Waals surface area contributed by atoms with Crippen molar-refractivity contribution in [3.05, 3.63) is 53.5 Å². The number of thioether (sulfide) groups is 1. The number of carbonyl (C=O) groups is 2. The van der Waals surface area contributed by atoms with Crippen LogP contribution < -0.4 is 5.32 Å². The highest BCUT2D eigenvalue weighted by atomic mass is 32.2. The van der Waals surface area contributed by atoms with E-state index >= 15 is 0 Å². The molecule has 3 rings (SSSR count). The van der Waals surface area contributed by atoms with Crippen molar-refractivity contribution in [1.82, 2.24) is 4.98 Å². The summed E-state index contributed by atoms with van der Waals surface area (Å²) in [4.78, 5) is 28.9. The molecule has 0 radical (unpaired) electrons. The second kappa shape index (κ2) is 8.82. The number of esters is 1. The topological polar surface area (TPSA) is 68.3 Å². The molecule has 0 saturated carbocycles. The van der Waals surface area contributed by atoms with Crippen LogP contribution in [0.25, 0.3) is 10.8 Å². The zero-order valence-corrected chi connectivity index (χ0v) is 15.9. The van der Waals surface area contributed by atoms with Gasteiger partial charge in [-0.05, 0) is 29.8 Å². The van der Waals surface area contributed by atoms with Crippen LogP contribution in [-0.4, -0.2) is 29.2 Å². The van der Waals surface area contributed by atoms with Gasteiger partial charge in [0.05, 0.1) is 24.5 Å². The SMILES string of the molecule is CCOC(=O)Cc1csc(NC(=O)CSc2ccc3ccccc3c2)n1. The number of nitrogens with one attached hydrogen (secondary N) is 1. The fourth-order valence-corrected chi connectivity index (χ4v) is 3.84. The number of amides is 1. The normalized spacial score (nSPS) is 10.7. The van der Waals surface area contributed by atoms with Crippen LogP contribution in [0.1, 0.15) is 12.6 Å². The Labute approximate surface area is 159 Å². The van der Waals surface area contributed by atoms with E-state index in [2.05, 4.69) is 34.6 Å². The number of fused-ring (bicyclic) bond motifs is 1. The number of ether oxygens (including phenoxy) is 1. The van der Waals surface area contributed by atoms with Gasteiger partial charge in [0, 0.05) is 10.3 Å². The Balaban J connectivity index is 1.52. The van der Waals surface area contributed by atoms with Gasteiger partial charge in [0.2, 0.25) is 5.91 Å². The van der Waals surface area contributed by atoms with Crippen molar-refractivity contribution in [3.63, 3.8) is 0 Å². The summed E-state index contributed by atoms with van der Waals surface area (Å²) in [6.45, 7) is 2.11. The molecule has 0 unspecified atom stereocenters. The Morgan fingerprint density at radius 1 is 1.19 bits per heavy atom. The number of benzene rings is 2. The zero-order chi connectivity index (χ0) is 18.4. The standard InChI is InChI=1S/C19H18N2O3S2/c1-2-24-18(23)10-15-11-26-19(20-15)21-17(22)12-25-16-8-7-13-5-3-4-6-14(13)9-16/h3-9,11H,2,10,12H2,1H3,(H,20,21,22). The third-order valence-corrected chi connectivity index (χ3v) is 5.32. The van der Waals surface area contributed by atoms with E-state index in [0.717, 1.165) is 10.3 Å². The van der Waals surface area contributed by atoms with Crippen molar-refractivity contribution < 1.29 is 14.3 Å². The summed E-state index contributed by atoms with van der Waals surface area (Å²) in [6, 6.07) is 14.3. The minimum absolute atomic E-state index is 0.117. The number of hydrogen-bond donors (Lipinski definition) is 1. The first-order valence-electron chi connectivity index (χ1n) is 8.15. The Morgan fingerprint density at radius 3 is 2.81 bits per heavy atom. The van der Waals surface area contributed by atoms with Gasteiger partial charge in [0.25, 0.3) is 0 Å². The maximum Gasteiger partial charge on any atom is 0.311 e. The number of aromatic nitrogens is 1. The molecule has 1 amide bonds. The lowest BCUT2D eigenvalue weighted by Crippen LogP contribution is -2.14. The predicted octanol–water partition coefficient (Wildman–Crippen LogP) is 4.13. The first-order valence-corrected chi connectivity index (χ1v) is 10.0. The van der Waals surface area contributed by atoms with Crippen LogP contribution in [-0.2, 0) is 20.7 Å². The van der Waals surface area contributed by atoms with Crippen LogP contribution in [0.3, 0.4) is 0 Å². The zero-order valence-electron chi connectivity index (χ0n) is 14.2. The highest BCUT2D eigenvalue weighted by molar-refractivity contribution is 8.00. The average molecular weight is 386 g/mol. The van der Waals surface area contributed by atoms with E-state index < -0.39 is 0 Å². The third kappa shape index (κ3) is 5.06. The Morgan fingerprint density at radius 2 is 2.00 bits per heavy atom. The van der Waals surface area contributed by atoms with Crippen LogP contribution in [0.4, 0.5) is 5.13 Å². The quantitative estimate of drug-likeness (QED) is 0.488. The van der Waals surface area contributed by atoms with E-state index in [1.165, 1.54) is 28.5 Å². The molecule has 1 aromatic heterocycles. The summed E-state index contributed by atoms with van der Waals surface area (Å²) in [7, 11) is 0. The lowest BCUT2D eigenvalue weighted by atomic mass is 10.1. The van der Waals surface area contributed by atoms with Gasteiger partial charge < -0.3 is 10.1 Å². The summed E-state index contributed by atoms with van der Waals surface area (Å²) in [5.74, 6) is -0.145. The molecule has 0 fully saturated rings. The summed E-state index contributed by atoms with van der Waals surface area (Å²) < 4.78 is 4.89. The lowest BCUT2D eigenvalue weighted by molar-refractivity contribution is -0.142. The molecule has 134 valence electrons. The van der Waals surface area contributed by atoms with Gasteiger partial charge in [-0.25, -0.2) is 4.98 Å². The van der Waals surface area contributed by atoms with Gasteiger partial charge in [-0.2, -0.15) is 0 Å². The monoisotopic (exact) mass is 386 g/mol. The number of anilines is 1. The highest BCUT2D eigenvalue weighted by Crippen LogP contribution is 2.24. The number of hydrogen-bond acceptors (Lipinski definition) is 6. The first kappa shape index (κ1) is 18.4. The van der Waals surface area contributed by atoms with Gasteiger partial charge >= 0.3 is 5.97 Å². The van der Waals surface area contributed by atoms with E-state index in [1.54, 1.807) is 12.3 Å². The molecular weight excluding hydrogens is 368 g/mol. The minimum Gasteiger partial charge on any atom is -0.466 e. The molecule has 0 atom stereocenters. The predicted molar refractivity (Wildman–Crippen MR) is 106 cm³/mol. The molecule has 1 heterocycles. The van der Waals surface area contributed by atoms with Crippen molar-refractivity contribution in [2.24, 2.45) is 0 Å². The summed E-state index contributed by atoms with van der Waals surface area (Å²) in [6.07, 6.45) is 0.117. The second-order valence-electron chi connectivity index (χ2n) is 5.47. The van der Waals surface area contributed by atoms with E-state index in [1.807, 2.05) is 18.2 Å². The number of nitrogens with zero attached hydrogens (tertiary/aromatic N) is 1. The molecule has 0 bridgehead atoms.